The fraction of sp³-hybridized carbons (Fsp3) is 0.217. The van der Waals surface area contributed by atoms with Gasteiger partial charge in [0.1, 0.15) is 0 Å². The smallest absolute Gasteiger partial charge is 0.378 e. The van der Waals surface area contributed by atoms with Gasteiger partial charge in [-0.15, -0.1) is 0 Å². The van der Waals surface area contributed by atoms with E-state index in [9.17, 15) is 23.3 Å². The minimum absolute atomic E-state index is 0.0104. The molecule has 0 aromatic heterocycles. The predicted molar refractivity (Wildman–Crippen MR) is 106 cm³/mol. The standard InChI is InChI=1S/C23H17F3N2O2/c24-23(25,26)15-6-3-5-14(10-15)22-19-11-13-4-1-2-7-17(13)21(19)18-12-16(28(29)30)8-9-20(18)27-22/h1-10,12,19,21-22,27H,11H2/t19-,21-,22+/m0/s1. The topological polar surface area (TPSA) is 55.2 Å². The largest absolute Gasteiger partial charge is 0.416 e. The highest BCUT2D eigenvalue weighted by atomic mass is 19.4. The van der Waals surface area contributed by atoms with Gasteiger partial charge in [0.15, 0.2) is 0 Å². The Balaban J connectivity index is 1.66. The fourth-order valence-corrected chi connectivity index (χ4v) is 4.90. The molecule has 152 valence electrons. The van der Waals surface area contributed by atoms with Gasteiger partial charge < -0.3 is 5.32 Å². The molecule has 0 unspecified atom stereocenters. The molecule has 4 nitrogen and oxygen atoms in total. The number of benzene rings is 3. The first-order chi connectivity index (χ1) is 14.3. The Kier molecular flexibility index (Phi) is 4.10. The van der Waals surface area contributed by atoms with Gasteiger partial charge in [0.25, 0.3) is 5.69 Å². The summed E-state index contributed by atoms with van der Waals surface area (Å²) in [5, 5.41) is 14.7. The van der Waals surface area contributed by atoms with Crippen molar-refractivity contribution in [1.29, 1.82) is 0 Å². The van der Waals surface area contributed by atoms with Gasteiger partial charge in [-0.1, -0.05) is 36.4 Å². The molecular weight excluding hydrogens is 393 g/mol. The van der Waals surface area contributed by atoms with Gasteiger partial charge in [-0.3, -0.25) is 10.1 Å². The molecule has 5 rings (SSSR count). The second-order valence-electron chi connectivity index (χ2n) is 7.82. The zero-order chi connectivity index (χ0) is 21.0. The molecule has 3 aromatic carbocycles. The van der Waals surface area contributed by atoms with Crippen molar-refractivity contribution in [2.75, 3.05) is 5.32 Å². The maximum atomic E-state index is 13.3. The van der Waals surface area contributed by atoms with E-state index in [1.54, 1.807) is 18.2 Å². The summed E-state index contributed by atoms with van der Waals surface area (Å²) in [4.78, 5) is 10.9. The highest BCUT2D eigenvalue weighted by Crippen LogP contribution is 2.54. The predicted octanol–water partition coefficient (Wildman–Crippen LogP) is 6.08. The molecule has 3 atom stereocenters. The number of anilines is 1. The number of rotatable bonds is 2. The molecule has 2 aliphatic rings. The van der Waals surface area contributed by atoms with Gasteiger partial charge in [-0.05, 0) is 52.8 Å². The third-order valence-corrected chi connectivity index (χ3v) is 6.17. The molecule has 7 heteroatoms. The quantitative estimate of drug-likeness (QED) is 0.411. The van der Waals surface area contributed by atoms with Gasteiger partial charge in [-0.2, -0.15) is 13.2 Å². The molecule has 3 aromatic rings. The number of nitrogens with one attached hydrogen (secondary N) is 1. The monoisotopic (exact) mass is 410 g/mol. The molecule has 1 aliphatic carbocycles. The zero-order valence-electron chi connectivity index (χ0n) is 15.7. The summed E-state index contributed by atoms with van der Waals surface area (Å²) in [6.07, 6.45) is -3.72. The van der Waals surface area contributed by atoms with E-state index in [-0.39, 0.29) is 23.6 Å². The second-order valence-corrected chi connectivity index (χ2v) is 7.82. The molecule has 0 saturated heterocycles. The van der Waals surface area contributed by atoms with E-state index in [2.05, 4.69) is 5.32 Å². The number of nitrogens with zero attached hydrogens (tertiary/aromatic N) is 1. The van der Waals surface area contributed by atoms with Crippen LogP contribution >= 0.6 is 0 Å². The number of non-ortho nitro benzene ring substituents is 1. The van der Waals surface area contributed by atoms with Crippen LogP contribution in [-0.2, 0) is 12.6 Å². The van der Waals surface area contributed by atoms with Gasteiger partial charge in [0.05, 0.1) is 16.5 Å². The molecule has 30 heavy (non-hydrogen) atoms. The normalized spacial score (nSPS) is 21.9. The molecule has 0 fully saturated rings. The average molecular weight is 410 g/mol. The van der Waals surface area contributed by atoms with Crippen molar-refractivity contribution in [3.05, 3.63) is 105 Å². The molecule has 1 N–H and O–H groups in total. The van der Waals surface area contributed by atoms with Crippen LogP contribution in [0.5, 0.6) is 0 Å². The molecule has 0 spiro atoms. The molecule has 1 aliphatic heterocycles. The Morgan fingerprint density at radius 2 is 1.77 bits per heavy atom. The van der Waals surface area contributed by atoms with Crippen LogP contribution < -0.4 is 5.32 Å². The Morgan fingerprint density at radius 3 is 2.53 bits per heavy atom. The first-order valence-electron chi connectivity index (χ1n) is 9.63. The Morgan fingerprint density at radius 1 is 0.967 bits per heavy atom. The summed E-state index contributed by atoms with van der Waals surface area (Å²) in [7, 11) is 0. The van der Waals surface area contributed by atoms with E-state index in [0.29, 0.717) is 12.0 Å². The maximum Gasteiger partial charge on any atom is 0.416 e. The first kappa shape index (κ1) is 18.7. The third-order valence-electron chi connectivity index (χ3n) is 6.17. The SMILES string of the molecule is O=[N+]([O-])c1ccc2c(c1)[C@@H]1c3ccccc3C[C@@H]1[C@@H](c1cccc(C(F)(F)F)c1)N2. The Labute approximate surface area is 170 Å². The summed E-state index contributed by atoms with van der Waals surface area (Å²) in [6.45, 7) is 0. The first-order valence-corrected chi connectivity index (χ1v) is 9.63. The van der Waals surface area contributed by atoms with Crippen molar-refractivity contribution in [3.8, 4) is 0 Å². The van der Waals surface area contributed by atoms with E-state index in [1.165, 1.54) is 18.2 Å². The van der Waals surface area contributed by atoms with Crippen LogP contribution in [0.3, 0.4) is 0 Å². The minimum Gasteiger partial charge on any atom is -0.378 e. The number of nitro benzene ring substituents is 1. The van der Waals surface area contributed by atoms with E-state index in [0.717, 1.165) is 28.4 Å². The average Bonchev–Trinajstić information content (AvgIpc) is 3.12. The summed E-state index contributed by atoms with van der Waals surface area (Å²) < 4.78 is 39.9. The van der Waals surface area contributed by atoms with Crippen LogP contribution in [0, 0.1) is 16.0 Å². The minimum atomic E-state index is -4.42. The van der Waals surface area contributed by atoms with E-state index < -0.39 is 16.7 Å². The lowest BCUT2D eigenvalue weighted by molar-refractivity contribution is -0.384. The van der Waals surface area contributed by atoms with Crippen molar-refractivity contribution < 1.29 is 18.1 Å². The second kappa shape index (κ2) is 6.58. The third kappa shape index (κ3) is 2.93. The summed E-state index contributed by atoms with van der Waals surface area (Å²) in [6, 6.07) is 17.7. The molecule has 1 heterocycles. The van der Waals surface area contributed by atoms with Crippen LogP contribution in [0.1, 0.15) is 39.8 Å². The summed E-state index contributed by atoms with van der Waals surface area (Å²) in [5.74, 6) is -0.155. The van der Waals surface area contributed by atoms with Crippen molar-refractivity contribution in [3.63, 3.8) is 0 Å². The van der Waals surface area contributed by atoms with Crippen molar-refractivity contribution in [2.45, 2.75) is 24.6 Å². The molecule has 0 bridgehead atoms. The van der Waals surface area contributed by atoms with Gasteiger partial charge in [0, 0.05) is 23.7 Å². The van der Waals surface area contributed by atoms with Crippen molar-refractivity contribution in [2.24, 2.45) is 5.92 Å². The number of hydrogen-bond donors (Lipinski definition) is 1. The lowest BCUT2D eigenvalue weighted by Crippen LogP contribution is -2.30. The number of alkyl halides is 3. The Hall–Kier alpha value is -3.35. The van der Waals surface area contributed by atoms with Gasteiger partial charge in [0.2, 0.25) is 0 Å². The molecular formula is C23H17F3N2O2. The van der Waals surface area contributed by atoms with Crippen molar-refractivity contribution >= 4 is 11.4 Å². The molecule has 0 saturated carbocycles. The lowest BCUT2D eigenvalue weighted by Gasteiger charge is -2.38. The van der Waals surface area contributed by atoms with E-state index >= 15 is 0 Å². The van der Waals surface area contributed by atoms with Crippen LogP contribution in [0.25, 0.3) is 0 Å². The van der Waals surface area contributed by atoms with Crippen molar-refractivity contribution in [1.82, 2.24) is 0 Å². The van der Waals surface area contributed by atoms with Crippen LogP contribution in [0.15, 0.2) is 66.7 Å². The lowest BCUT2D eigenvalue weighted by atomic mass is 9.75. The Bertz CT molecular complexity index is 1160. The highest BCUT2D eigenvalue weighted by Gasteiger charge is 2.44. The van der Waals surface area contributed by atoms with Crippen LogP contribution in [0.2, 0.25) is 0 Å². The molecule has 0 amide bonds. The summed E-state index contributed by atoms with van der Waals surface area (Å²) >= 11 is 0. The van der Waals surface area contributed by atoms with Gasteiger partial charge >= 0.3 is 6.18 Å². The molecule has 0 radical (unpaired) electrons. The van der Waals surface area contributed by atoms with E-state index in [1.807, 2.05) is 24.3 Å². The highest BCUT2D eigenvalue weighted by molar-refractivity contribution is 5.65. The maximum absolute atomic E-state index is 13.3. The number of hydrogen-bond acceptors (Lipinski definition) is 3. The number of fused-ring (bicyclic) bond motifs is 5. The van der Waals surface area contributed by atoms with E-state index in [4.69, 9.17) is 0 Å². The zero-order valence-corrected chi connectivity index (χ0v) is 15.7. The van der Waals surface area contributed by atoms with Gasteiger partial charge in [-0.25, -0.2) is 0 Å². The fourth-order valence-electron chi connectivity index (χ4n) is 4.90. The van der Waals surface area contributed by atoms with Crippen LogP contribution in [0.4, 0.5) is 24.5 Å². The van der Waals surface area contributed by atoms with Crippen LogP contribution in [-0.4, -0.2) is 4.92 Å². The number of nitro groups is 1. The number of halogens is 3. The summed E-state index contributed by atoms with van der Waals surface area (Å²) in [5.41, 5.74) is 3.66.